The normalized spacial score (nSPS) is 22.1. The van der Waals surface area contributed by atoms with Gasteiger partial charge in [-0.1, -0.05) is 24.3 Å². The highest BCUT2D eigenvalue weighted by atomic mass is 16.5. The molecule has 1 aromatic carbocycles. The number of ether oxygens (including phenoxy) is 1. The average molecular weight is 306 g/mol. The van der Waals surface area contributed by atoms with Crippen LogP contribution in [0.5, 0.6) is 0 Å². The molecule has 22 heavy (non-hydrogen) atoms. The van der Waals surface area contributed by atoms with Gasteiger partial charge in [0.2, 0.25) is 5.91 Å². The Balaban J connectivity index is 2.12. The summed E-state index contributed by atoms with van der Waals surface area (Å²) in [5.74, 6) is 0.0795. The fraction of sp³-hybridized carbons (Fsp3) is 0.588. The first-order valence-corrected chi connectivity index (χ1v) is 7.67. The smallest absolute Gasteiger partial charge is 0.236 e. The minimum Gasteiger partial charge on any atom is -0.393 e. The van der Waals surface area contributed by atoms with Crippen molar-refractivity contribution in [3.05, 3.63) is 35.4 Å². The standard InChI is InChI=1S/C17H26N2O3/c1-14-6-4-5-7-15(14)10-17(13-20)12-19(8-9-22-17)16(21)11-18(2)3/h4-7,20H,8-13H2,1-3H3/t17-/m1/s1. The number of morpholine rings is 1. The van der Waals surface area contributed by atoms with Gasteiger partial charge >= 0.3 is 0 Å². The van der Waals surface area contributed by atoms with Crippen LogP contribution in [0.1, 0.15) is 11.1 Å². The summed E-state index contributed by atoms with van der Waals surface area (Å²) >= 11 is 0. The van der Waals surface area contributed by atoms with E-state index in [1.54, 1.807) is 4.90 Å². The van der Waals surface area contributed by atoms with Gasteiger partial charge in [0.05, 0.1) is 26.3 Å². The average Bonchev–Trinajstić information content (AvgIpc) is 2.49. The number of aliphatic hydroxyl groups excluding tert-OH is 1. The second kappa shape index (κ2) is 7.22. The number of nitrogens with zero attached hydrogens (tertiary/aromatic N) is 2. The molecule has 1 saturated heterocycles. The zero-order chi connectivity index (χ0) is 16.2. The van der Waals surface area contributed by atoms with E-state index in [0.29, 0.717) is 32.7 Å². The molecule has 0 bridgehead atoms. The summed E-state index contributed by atoms with van der Waals surface area (Å²) in [6, 6.07) is 8.10. The van der Waals surface area contributed by atoms with E-state index in [1.807, 2.05) is 31.1 Å². The molecule has 5 heteroatoms. The Labute approximate surface area is 132 Å². The lowest BCUT2D eigenvalue weighted by atomic mass is 9.91. The van der Waals surface area contributed by atoms with E-state index in [0.717, 1.165) is 5.56 Å². The Morgan fingerprint density at radius 2 is 2.14 bits per heavy atom. The predicted octanol–water partition coefficient (Wildman–Crippen LogP) is 0.689. The summed E-state index contributed by atoms with van der Waals surface area (Å²) in [5.41, 5.74) is 1.63. The van der Waals surface area contributed by atoms with Crippen LogP contribution >= 0.6 is 0 Å². The van der Waals surface area contributed by atoms with E-state index < -0.39 is 5.60 Å². The summed E-state index contributed by atoms with van der Waals surface area (Å²) in [4.78, 5) is 15.9. The van der Waals surface area contributed by atoms with Crippen molar-refractivity contribution in [2.45, 2.75) is 18.9 Å². The number of carbonyl (C=O) groups excluding carboxylic acids is 1. The van der Waals surface area contributed by atoms with Gasteiger partial charge in [0.25, 0.3) is 0 Å². The summed E-state index contributed by atoms with van der Waals surface area (Å²) in [7, 11) is 3.76. The Kier molecular flexibility index (Phi) is 5.56. The molecule has 1 atom stereocenters. The summed E-state index contributed by atoms with van der Waals surface area (Å²) < 4.78 is 5.90. The summed E-state index contributed by atoms with van der Waals surface area (Å²) in [6.45, 7) is 3.83. The molecule has 1 fully saturated rings. The molecule has 1 aliphatic rings. The van der Waals surface area contributed by atoms with E-state index in [1.165, 1.54) is 5.56 Å². The fourth-order valence-corrected chi connectivity index (χ4v) is 2.84. The Morgan fingerprint density at radius 1 is 1.41 bits per heavy atom. The van der Waals surface area contributed by atoms with Crippen LogP contribution in [0.4, 0.5) is 0 Å². The van der Waals surface area contributed by atoms with E-state index in [9.17, 15) is 9.90 Å². The van der Waals surface area contributed by atoms with Crippen molar-refractivity contribution < 1.29 is 14.6 Å². The molecule has 0 aromatic heterocycles. The largest absolute Gasteiger partial charge is 0.393 e. The molecule has 0 unspecified atom stereocenters. The third kappa shape index (κ3) is 4.06. The Hall–Kier alpha value is -1.43. The van der Waals surface area contributed by atoms with Crippen LogP contribution in [0.3, 0.4) is 0 Å². The molecular weight excluding hydrogens is 280 g/mol. The zero-order valence-corrected chi connectivity index (χ0v) is 13.7. The molecule has 1 aliphatic heterocycles. The van der Waals surface area contributed by atoms with Gasteiger partial charge in [0.1, 0.15) is 5.60 Å². The Bertz CT molecular complexity index is 518. The number of carbonyl (C=O) groups is 1. The van der Waals surface area contributed by atoms with E-state index in [2.05, 4.69) is 19.1 Å². The maximum absolute atomic E-state index is 12.3. The van der Waals surface area contributed by atoms with E-state index >= 15 is 0 Å². The maximum atomic E-state index is 12.3. The summed E-state index contributed by atoms with van der Waals surface area (Å²) in [6.07, 6.45) is 0.613. The molecule has 1 heterocycles. The molecule has 1 N–H and O–H groups in total. The fourth-order valence-electron chi connectivity index (χ4n) is 2.84. The van der Waals surface area contributed by atoms with Crippen molar-refractivity contribution in [3.8, 4) is 0 Å². The van der Waals surface area contributed by atoms with Gasteiger partial charge in [-0.15, -0.1) is 0 Å². The molecular formula is C17H26N2O3. The number of rotatable bonds is 5. The minimum absolute atomic E-state index is 0.0795. The van der Waals surface area contributed by atoms with Gasteiger partial charge in [-0.3, -0.25) is 4.79 Å². The number of hydrogen-bond acceptors (Lipinski definition) is 4. The zero-order valence-electron chi connectivity index (χ0n) is 13.7. The highest BCUT2D eigenvalue weighted by Crippen LogP contribution is 2.24. The lowest BCUT2D eigenvalue weighted by Crippen LogP contribution is -2.58. The lowest BCUT2D eigenvalue weighted by molar-refractivity contribution is -0.158. The van der Waals surface area contributed by atoms with Crippen molar-refractivity contribution >= 4 is 5.91 Å². The number of aliphatic hydroxyl groups is 1. The molecule has 1 aromatic rings. The third-order valence-electron chi connectivity index (χ3n) is 4.11. The van der Waals surface area contributed by atoms with E-state index in [-0.39, 0.29) is 12.5 Å². The maximum Gasteiger partial charge on any atom is 0.236 e. The molecule has 0 spiro atoms. The first-order valence-electron chi connectivity index (χ1n) is 7.67. The van der Waals surface area contributed by atoms with Gasteiger partial charge in [0.15, 0.2) is 0 Å². The van der Waals surface area contributed by atoms with Gasteiger partial charge in [0, 0.05) is 13.0 Å². The van der Waals surface area contributed by atoms with Gasteiger partial charge in [-0.2, -0.15) is 0 Å². The molecule has 2 rings (SSSR count). The van der Waals surface area contributed by atoms with Crippen LogP contribution in [-0.2, 0) is 16.0 Å². The second-order valence-corrected chi connectivity index (χ2v) is 6.35. The molecule has 0 radical (unpaired) electrons. The molecule has 1 amide bonds. The number of aryl methyl sites for hydroxylation is 1. The van der Waals surface area contributed by atoms with Gasteiger partial charge in [-0.25, -0.2) is 0 Å². The molecule has 0 aliphatic carbocycles. The van der Waals surface area contributed by atoms with Gasteiger partial charge < -0.3 is 19.6 Å². The quantitative estimate of drug-likeness (QED) is 0.869. The number of likely N-dealkylation sites (N-methyl/N-ethyl adjacent to an activating group) is 1. The van der Waals surface area contributed by atoms with Crippen molar-refractivity contribution in [1.82, 2.24) is 9.80 Å². The van der Waals surface area contributed by atoms with Crippen molar-refractivity contribution in [2.75, 3.05) is 46.9 Å². The highest BCUT2D eigenvalue weighted by molar-refractivity contribution is 5.78. The minimum atomic E-state index is -0.702. The summed E-state index contributed by atoms with van der Waals surface area (Å²) in [5, 5.41) is 9.90. The van der Waals surface area contributed by atoms with Crippen LogP contribution < -0.4 is 0 Å². The number of benzene rings is 1. The number of hydrogen-bond donors (Lipinski definition) is 1. The predicted molar refractivity (Wildman–Crippen MR) is 85.8 cm³/mol. The molecule has 5 nitrogen and oxygen atoms in total. The van der Waals surface area contributed by atoms with Crippen LogP contribution in [0.25, 0.3) is 0 Å². The molecule has 122 valence electrons. The van der Waals surface area contributed by atoms with Crippen LogP contribution in [0, 0.1) is 6.92 Å². The van der Waals surface area contributed by atoms with E-state index in [4.69, 9.17) is 4.74 Å². The monoisotopic (exact) mass is 306 g/mol. The van der Waals surface area contributed by atoms with Crippen molar-refractivity contribution in [3.63, 3.8) is 0 Å². The second-order valence-electron chi connectivity index (χ2n) is 6.35. The highest BCUT2D eigenvalue weighted by Gasteiger charge is 2.38. The van der Waals surface area contributed by atoms with Crippen LogP contribution in [0.2, 0.25) is 0 Å². The number of amides is 1. The van der Waals surface area contributed by atoms with Crippen LogP contribution in [-0.4, -0.2) is 73.4 Å². The van der Waals surface area contributed by atoms with Crippen molar-refractivity contribution in [1.29, 1.82) is 0 Å². The Morgan fingerprint density at radius 3 is 2.77 bits per heavy atom. The first-order chi connectivity index (χ1) is 10.5. The lowest BCUT2D eigenvalue weighted by Gasteiger charge is -2.42. The first kappa shape index (κ1) is 16.9. The van der Waals surface area contributed by atoms with Crippen LogP contribution in [0.15, 0.2) is 24.3 Å². The third-order valence-corrected chi connectivity index (χ3v) is 4.11. The molecule has 0 saturated carbocycles. The SMILES string of the molecule is Cc1ccccc1C[C@]1(CO)CN(C(=O)CN(C)C)CCO1. The van der Waals surface area contributed by atoms with Crippen molar-refractivity contribution in [2.24, 2.45) is 0 Å². The topological polar surface area (TPSA) is 53.0 Å². The van der Waals surface area contributed by atoms with Gasteiger partial charge in [-0.05, 0) is 32.1 Å².